The molecule has 4 bridgehead atoms. The highest BCUT2D eigenvalue weighted by Gasteiger charge is 2.54. The number of fused-ring (bicyclic) bond motifs is 1. The number of esters is 1. The van der Waals surface area contributed by atoms with Gasteiger partial charge in [-0.15, -0.1) is 0 Å². The summed E-state index contributed by atoms with van der Waals surface area (Å²) in [5.74, 6) is 2.80. The number of carbonyl (C=O) groups excluding carboxylic acids is 2. The summed E-state index contributed by atoms with van der Waals surface area (Å²) in [4.78, 5) is 26.4. The topological polar surface area (TPSA) is 56.5 Å². The molecule has 5 aliphatic rings. The molecule has 0 radical (unpaired) electrons. The number of benzene rings is 1. The Balaban J connectivity index is 1.16. The van der Waals surface area contributed by atoms with Gasteiger partial charge >= 0.3 is 5.97 Å². The summed E-state index contributed by atoms with van der Waals surface area (Å²) in [5, 5.41) is 1.63. The Morgan fingerprint density at radius 1 is 0.970 bits per heavy atom. The number of para-hydroxylation sites is 1. The van der Waals surface area contributed by atoms with Gasteiger partial charge in [0, 0.05) is 27.4 Å². The molecule has 0 saturated heterocycles. The maximum absolute atomic E-state index is 13.3. The second-order valence-electron chi connectivity index (χ2n) is 11.2. The normalized spacial score (nSPS) is 31.2. The van der Waals surface area contributed by atoms with E-state index in [1.165, 1.54) is 51.4 Å². The van der Waals surface area contributed by atoms with Gasteiger partial charge in [-0.2, -0.15) is 11.8 Å². The predicted octanol–water partition coefficient (Wildman–Crippen LogP) is 6.94. The summed E-state index contributed by atoms with van der Waals surface area (Å²) in [7, 11) is 0. The number of ether oxygens (including phenoxy) is 1. The smallest absolute Gasteiger partial charge is 0.375 e. The Kier molecular flexibility index (Phi) is 5.80. The molecular formula is C28H34O4S. The molecule has 2 aromatic rings. The van der Waals surface area contributed by atoms with Gasteiger partial charge in [0.2, 0.25) is 5.76 Å². The zero-order valence-corrected chi connectivity index (χ0v) is 20.2. The summed E-state index contributed by atoms with van der Waals surface area (Å²) in [6.45, 7) is -0.114. The number of Topliss-reactive ketones (excluding diaryl/α,β-unsaturated/α-hetero) is 1. The Labute approximate surface area is 200 Å². The van der Waals surface area contributed by atoms with E-state index in [-0.39, 0.29) is 23.6 Å². The van der Waals surface area contributed by atoms with Crippen LogP contribution in [0.2, 0.25) is 0 Å². The first-order valence-electron chi connectivity index (χ1n) is 12.9. The van der Waals surface area contributed by atoms with Crippen molar-refractivity contribution in [2.24, 2.45) is 23.2 Å². The molecule has 0 atom stereocenters. The Morgan fingerprint density at radius 3 is 2.33 bits per heavy atom. The van der Waals surface area contributed by atoms with Gasteiger partial charge in [-0.1, -0.05) is 37.5 Å². The Morgan fingerprint density at radius 2 is 1.64 bits per heavy atom. The fourth-order valence-corrected chi connectivity index (χ4v) is 9.00. The maximum Gasteiger partial charge on any atom is 0.375 e. The van der Waals surface area contributed by atoms with E-state index in [2.05, 4.69) is 0 Å². The van der Waals surface area contributed by atoms with Gasteiger partial charge in [-0.05, 0) is 75.2 Å². The molecule has 33 heavy (non-hydrogen) atoms. The second-order valence-corrected chi connectivity index (χ2v) is 12.5. The first kappa shape index (κ1) is 21.8. The van der Waals surface area contributed by atoms with Crippen LogP contribution in [0.5, 0.6) is 0 Å². The van der Waals surface area contributed by atoms with Crippen LogP contribution in [0.4, 0.5) is 0 Å². The summed E-state index contributed by atoms with van der Waals surface area (Å²) in [6, 6.07) is 7.84. The van der Waals surface area contributed by atoms with E-state index >= 15 is 0 Å². The molecule has 0 amide bonds. The molecule has 5 aliphatic carbocycles. The molecule has 4 nitrogen and oxygen atoms in total. The Hall–Kier alpha value is -1.75. The zero-order valence-electron chi connectivity index (χ0n) is 19.4. The minimum atomic E-state index is -0.483. The predicted molar refractivity (Wildman–Crippen MR) is 130 cm³/mol. The summed E-state index contributed by atoms with van der Waals surface area (Å²) in [5.41, 5.74) is 1.41. The first-order valence-corrected chi connectivity index (χ1v) is 14.0. The maximum atomic E-state index is 13.3. The average Bonchev–Trinajstić information content (AvgIpc) is 3.19. The third kappa shape index (κ3) is 4.15. The fourth-order valence-electron chi connectivity index (χ4n) is 7.64. The monoisotopic (exact) mass is 466 g/mol. The van der Waals surface area contributed by atoms with Gasteiger partial charge < -0.3 is 9.15 Å². The molecular weight excluding hydrogens is 432 g/mol. The van der Waals surface area contributed by atoms with Crippen LogP contribution >= 0.6 is 11.8 Å². The molecule has 5 saturated carbocycles. The van der Waals surface area contributed by atoms with Crippen molar-refractivity contribution in [3.8, 4) is 0 Å². The lowest BCUT2D eigenvalue weighted by Crippen LogP contribution is -2.51. The van der Waals surface area contributed by atoms with Gasteiger partial charge in [0.05, 0.1) is 0 Å². The van der Waals surface area contributed by atoms with Crippen LogP contribution in [0.1, 0.15) is 86.7 Å². The number of furan rings is 1. The molecule has 0 spiro atoms. The standard InChI is InChI=1S/C28H34O4S/c29-25(28-13-18-10-19(14-28)12-20(11-18)15-28)16-31-27(30)26-23(17-33-21-6-2-1-3-7-21)22-8-4-5-9-24(22)32-26/h4-5,8-9,18-21H,1-3,6-7,10-17H2. The first-order chi connectivity index (χ1) is 16.1. The Bertz CT molecular complexity index is 1010. The molecule has 1 aromatic carbocycles. The lowest BCUT2D eigenvalue weighted by atomic mass is 9.48. The van der Waals surface area contributed by atoms with E-state index in [4.69, 9.17) is 9.15 Å². The van der Waals surface area contributed by atoms with Gasteiger partial charge in [0.15, 0.2) is 12.4 Å². The van der Waals surface area contributed by atoms with Crippen molar-refractivity contribution in [3.05, 3.63) is 35.6 Å². The molecule has 0 unspecified atom stereocenters. The van der Waals surface area contributed by atoms with Gasteiger partial charge in [0.1, 0.15) is 5.58 Å². The second kappa shape index (κ2) is 8.79. The molecule has 0 aliphatic heterocycles. The van der Waals surface area contributed by atoms with Crippen LogP contribution in [0.3, 0.4) is 0 Å². The number of ketones is 1. The third-order valence-electron chi connectivity index (χ3n) is 8.86. The van der Waals surface area contributed by atoms with Gasteiger partial charge in [-0.25, -0.2) is 4.79 Å². The van der Waals surface area contributed by atoms with Gasteiger partial charge in [0.25, 0.3) is 0 Å². The van der Waals surface area contributed by atoms with Crippen LogP contribution in [-0.2, 0) is 15.3 Å². The van der Waals surface area contributed by atoms with Crippen LogP contribution in [-0.4, -0.2) is 23.6 Å². The number of hydrogen-bond acceptors (Lipinski definition) is 5. The van der Waals surface area contributed by atoms with Crippen molar-refractivity contribution in [1.82, 2.24) is 0 Å². The van der Waals surface area contributed by atoms with E-state index < -0.39 is 5.97 Å². The van der Waals surface area contributed by atoms with Crippen molar-refractivity contribution in [2.75, 3.05) is 6.61 Å². The molecule has 1 heterocycles. The van der Waals surface area contributed by atoms with E-state index in [9.17, 15) is 9.59 Å². The van der Waals surface area contributed by atoms with Crippen LogP contribution in [0.25, 0.3) is 11.0 Å². The number of rotatable bonds is 7. The number of carbonyl (C=O) groups is 2. The third-order valence-corrected chi connectivity index (χ3v) is 10.3. The van der Waals surface area contributed by atoms with E-state index in [0.717, 1.165) is 41.5 Å². The molecule has 0 N–H and O–H groups in total. The molecule has 7 rings (SSSR count). The summed E-state index contributed by atoms with van der Waals surface area (Å²) >= 11 is 1.93. The summed E-state index contributed by atoms with van der Waals surface area (Å²) in [6.07, 6.45) is 13.3. The fraction of sp³-hybridized carbons (Fsp3) is 0.643. The van der Waals surface area contributed by atoms with Crippen molar-refractivity contribution >= 4 is 34.5 Å². The van der Waals surface area contributed by atoms with Crippen molar-refractivity contribution < 1.29 is 18.7 Å². The van der Waals surface area contributed by atoms with Crippen molar-refractivity contribution in [2.45, 2.75) is 81.6 Å². The lowest BCUT2D eigenvalue weighted by Gasteiger charge is -2.55. The van der Waals surface area contributed by atoms with Gasteiger partial charge in [-0.3, -0.25) is 4.79 Å². The molecule has 1 aromatic heterocycles. The minimum absolute atomic E-state index is 0.114. The number of thioether (sulfide) groups is 1. The highest BCUT2D eigenvalue weighted by Crippen LogP contribution is 2.60. The van der Waals surface area contributed by atoms with Crippen molar-refractivity contribution in [1.29, 1.82) is 0 Å². The zero-order chi connectivity index (χ0) is 22.4. The van der Waals surface area contributed by atoms with Crippen LogP contribution in [0, 0.1) is 23.2 Å². The molecule has 176 valence electrons. The number of hydrogen-bond donors (Lipinski definition) is 0. The quantitative estimate of drug-likeness (QED) is 0.414. The van der Waals surface area contributed by atoms with Crippen LogP contribution in [0.15, 0.2) is 28.7 Å². The average molecular weight is 467 g/mol. The minimum Gasteiger partial charge on any atom is -0.452 e. The van der Waals surface area contributed by atoms with Crippen LogP contribution < -0.4 is 0 Å². The lowest BCUT2D eigenvalue weighted by molar-refractivity contribution is -0.147. The SMILES string of the molecule is O=C(OCC(=O)C12CC3CC(CC(C3)C1)C2)c1oc2ccccc2c1CSC1CCCCC1. The van der Waals surface area contributed by atoms with Crippen molar-refractivity contribution in [3.63, 3.8) is 0 Å². The molecule has 5 fully saturated rings. The largest absolute Gasteiger partial charge is 0.452 e. The van der Waals surface area contributed by atoms with E-state index in [1.807, 2.05) is 36.0 Å². The highest BCUT2D eigenvalue weighted by molar-refractivity contribution is 7.99. The van der Waals surface area contributed by atoms with E-state index in [1.54, 1.807) is 0 Å². The highest BCUT2D eigenvalue weighted by atomic mass is 32.2. The molecule has 5 heteroatoms. The summed E-state index contributed by atoms with van der Waals surface area (Å²) < 4.78 is 11.6. The van der Waals surface area contributed by atoms with E-state index in [0.29, 0.717) is 23.0 Å².